The number of ether oxygens (including phenoxy) is 1. The molecule has 0 heterocycles. The highest BCUT2D eigenvalue weighted by atomic mass is 35.5. The highest BCUT2D eigenvalue weighted by molar-refractivity contribution is 7.37. The van der Waals surface area contributed by atoms with Crippen LogP contribution in [0, 0.1) is 10.1 Å². The Kier molecular flexibility index (Phi) is 5.72. The highest BCUT2D eigenvalue weighted by Gasteiger charge is 2.31. The van der Waals surface area contributed by atoms with Crippen molar-refractivity contribution in [3.8, 4) is 11.5 Å². The van der Waals surface area contributed by atoms with Gasteiger partial charge in [0.25, 0.3) is 5.69 Å². The predicted octanol–water partition coefficient (Wildman–Crippen LogP) is 5.03. The van der Waals surface area contributed by atoms with Gasteiger partial charge in [-0.05, 0) is 30.3 Å². The molecule has 2 aromatic carbocycles. The molecule has 0 saturated carbocycles. The number of halogens is 4. The van der Waals surface area contributed by atoms with E-state index in [0.29, 0.717) is 6.07 Å². The summed E-state index contributed by atoms with van der Waals surface area (Å²) in [6.07, 6.45) is -4.99. The molecule has 2 rings (SSSR count). The van der Waals surface area contributed by atoms with Crippen molar-refractivity contribution in [1.82, 2.24) is 0 Å². The van der Waals surface area contributed by atoms with Crippen LogP contribution in [0.5, 0.6) is 11.5 Å². The second-order valence-corrected chi connectivity index (χ2v) is 6.41. The van der Waals surface area contributed by atoms with Gasteiger partial charge < -0.3 is 9.63 Å². The second kappa shape index (κ2) is 7.43. The van der Waals surface area contributed by atoms with E-state index in [0.717, 1.165) is 18.2 Å². The molecule has 2 aromatic rings. The van der Waals surface area contributed by atoms with Crippen molar-refractivity contribution in [1.29, 1.82) is 0 Å². The molecule has 0 aliphatic heterocycles. The van der Waals surface area contributed by atoms with Crippen LogP contribution in [0.15, 0.2) is 36.4 Å². The van der Waals surface area contributed by atoms with Crippen LogP contribution in [-0.2, 0) is 16.9 Å². The van der Waals surface area contributed by atoms with Crippen molar-refractivity contribution >= 4 is 25.3 Å². The van der Waals surface area contributed by atoms with Crippen molar-refractivity contribution in [3.63, 3.8) is 0 Å². The van der Waals surface area contributed by atoms with Crippen LogP contribution < -0.4 is 4.74 Å². The Morgan fingerprint density at radius 3 is 2.44 bits per heavy atom. The molecule has 0 aromatic heterocycles. The molecule has 1 atom stereocenters. The maximum Gasteiger partial charge on any atom is 0.416 e. The summed E-state index contributed by atoms with van der Waals surface area (Å²) in [5.41, 5.74) is -1.34. The molecule has 0 radical (unpaired) electrons. The third kappa shape index (κ3) is 4.94. The number of nitrogens with zero attached hydrogens (tertiary/aromatic N) is 1. The summed E-state index contributed by atoms with van der Waals surface area (Å²) in [5, 5.41) is 10.6. The van der Waals surface area contributed by atoms with Gasteiger partial charge in [0.15, 0.2) is 8.03 Å². The van der Waals surface area contributed by atoms with Crippen LogP contribution in [-0.4, -0.2) is 9.82 Å². The lowest BCUT2D eigenvalue weighted by molar-refractivity contribution is -0.385. The van der Waals surface area contributed by atoms with Crippen molar-refractivity contribution in [3.05, 3.63) is 62.7 Å². The number of rotatable bonds is 5. The van der Waals surface area contributed by atoms with Crippen LogP contribution in [0.25, 0.3) is 0 Å². The third-order valence-corrected chi connectivity index (χ3v) is 4.06. The summed E-state index contributed by atoms with van der Waals surface area (Å²) >= 11 is 5.77. The molecule has 0 amide bonds. The number of alkyl halides is 3. The molecule has 6 nitrogen and oxygen atoms in total. The quantitative estimate of drug-likeness (QED) is 0.436. The number of hydrogen-bond acceptors (Lipinski definition) is 4. The molecular weight excluding hydrogens is 386 g/mol. The molecule has 1 N–H and O–H groups in total. The molecule has 0 aliphatic rings. The Morgan fingerprint density at radius 2 is 1.92 bits per heavy atom. The molecule has 0 fully saturated rings. The Balaban J connectivity index is 2.34. The van der Waals surface area contributed by atoms with Gasteiger partial charge >= 0.3 is 6.18 Å². The monoisotopic (exact) mass is 395 g/mol. The lowest BCUT2D eigenvalue weighted by Crippen LogP contribution is -2.04. The van der Waals surface area contributed by atoms with E-state index in [1.807, 2.05) is 0 Å². The maximum atomic E-state index is 12.6. The first kappa shape index (κ1) is 19.2. The standard InChI is InChI=1S/C14H10ClF3NO5P/c15-11-6-9(14(16,17)18)1-4-13(11)24-10-2-3-12(19(20)21)8(5-10)7-25(22)23/h1-6,25H,7H2,(H,22,23). The molecule has 11 heteroatoms. The van der Waals surface area contributed by atoms with Gasteiger partial charge in [0, 0.05) is 11.6 Å². The van der Waals surface area contributed by atoms with E-state index in [1.165, 1.54) is 12.1 Å². The van der Waals surface area contributed by atoms with Crippen molar-refractivity contribution < 1.29 is 32.3 Å². The Bertz CT molecular complexity index is 844. The predicted molar refractivity (Wildman–Crippen MR) is 84.5 cm³/mol. The number of benzene rings is 2. The van der Waals surface area contributed by atoms with Gasteiger partial charge in [-0.3, -0.25) is 14.7 Å². The van der Waals surface area contributed by atoms with Crippen molar-refractivity contribution in [2.24, 2.45) is 0 Å². The summed E-state index contributed by atoms with van der Waals surface area (Å²) < 4.78 is 54.2. The Morgan fingerprint density at radius 1 is 1.24 bits per heavy atom. The van der Waals surface area contributed by atoms with Crippen LogP contribution in [0.4, 0.5) is 18.9 Å². The average Bonchev–Trinajstić information content (AvgIpc) is 2.47. The van der Waals surface area contributed by atoms with Crippen molar-refractivity contribution in [2.45, 2.75) is 12.3 Å². The Labute approximate surface area is 144 Å². The normalized spacial score (nSPS) is 12.7. The van der Waals surface area contributed by atoms with Gasteiger partial charge in [0.05, 0.1) is 21.7 Å². The second-order valence-electron chi connectivity index (χ2n) is 4.86. The zero-order valence-corrected chi connectivity index (χ0v) is 14.0. The summed E-state index contributed by atoms with van der Waals surface area (Å²) in [4.78, 5) is 19.2. The van der Waals surface area contributed by atoms with Gasteiger partial charge in [-0.15, -0.1) is 0 Å². The first-order chi connectivity index (χ1) is 11.6. The van der Waals surface area contributed by atoms with E-state index in [-0.39, 0.29) is 27.8 Å². The van der Waals surface area contributed by atoms with E-state index in [9.17, 15) is 27.9 Å². The van der Waals surface area contributed by atoms with Crippen LogP contribution in [0.1, 0.15) is 11.1 Å². The molecule has 1 unspecified atom stereocenters. The molecular formula is C14H10ClF3NO5P. The van der Waals surface area contributed by atoms with Gasteiger partial charge in [0.1, 0.15) is 11.5 Å². The fraction of sp³-hybridized carbons (Fsp3) is 0.143. The lowest BCUT2D eigenvalue weighted by atomic mass is 10.2. The van der Waals surface area contributed by atoms with Gasteiger partial charge in [-0.1, -0.05) is 11.6 Å². The molecule has 25 heavy (non-hydrogen) atoms. The van der Waals surface area contributed by atoms with Crippen molar-refractivity contribution in [2.75, 3.05) is 0 Å². The maximum absolute atomic E-state index is 12.6. The molecule has 0 aliphatic carbocycles. The molecule has 0 saturated heterocycles. The lowest BCUT2D eigenvalue weighted by Gasteiger charge is -2.12. The minimum Gasteiger partial charge on any atom is -0.456 e. The topological polar surface area (TPSA) is 89.7 Å². The van der Waals surface area contributed by atoms with E-state index >= 15 is 0 Å². The number of hydrogen-bond donors (Lipinski definition) is 1. The smallest absolute Gasteiger partial charge is 0.416 e. The van der Waals surface area contributed by atoms with Gasteiger partial charge in [-0.25, -0.2) is 0 Å². The van der Waals surface area contributed by atoms with E-state index in [4.69, 9.17) is 21.2 Å². The average molecular weight is 396 g/mol. The van der Waals surface area contributed by atoms with Gasteiger partial charge in [-0.2, -0.15) is 13.2 Å². The van der Waals surface area contributed by atoms with E-state index < -0.39 is 30.9 Å². The Hall–Kier alpha value is -2.09. The van der Waals surface area contributed by atoms with Crippen LogP contribution in [0.3, 0.4) is 0 Å². The summed E-state index contributed by atoms with van der Waals surface area (Å²) in [6.45, 7) is 0. The fourth-order valence-corrected chi connectivity index (χ4v) is 2.82. The van der Waals surface area contributed by atoms with Crippen LogP contribution in [0.2, 0.25) is 5.02 Å². The largest absolute Gasteiger partial charge is 0.456 e. The summed E-state index contributed by atoms with van der Waals surface area (Å²) in [5.74, 6) is -0.0587. The first-order valence-corrected chi connectivity index (χ1v) is 8.55. The molecule has 134 valence electrons. The number of nitro benzene ring substituents is 1. The fourth-order valence-electron chi connectivity index (χ4n) is 1.99. The zero-order chi connectivity index (χ0) is 18.8. The van der Waals surface area contributed by atoms with Gasteiger partial charge in [0.2, 0.25) is 0 Å². The minimum atomic E-state index is -4.56. The van der Waals surface area contributed by atoms with E-state index in [1.54, 1.807) is 0 Å². The molecule has 0 spiro atoms. The SMILES string of the molecule is O=[N+]([O-])c1ccc(Oc2ccc(C(F)(F)F)cc2Cl)cc1C[PH](=O)O. The third-order valence-electron chi connectivity index (χ3n) is 3.08. The highest BCUT2D eigenvalue weighted by Crippen LogP contribution is 2.38. The summed E-state index contributed by atoms with van der Waals surface area (Å²) in [7, 11) is -3.02. The molecule has 0 bridgehead atoms. The minimum absolute atomic E-state index is 0.0306. The first-order valence-electron chi connectivity index (χ1n) is 6.61. The van der Waals surface area contributed by atoms with E-state index in [2.05, 4.69) is 0 Å². The zero-order valence-electron chi connectivity index (χ0n) is 12.2. The van der Waals surface area contributed by atoms with Crippen LogP contribution >= 0.6 is 19.6 Å². The summed E-state index contributed by atoms with van der Waals surface area (Å²) in [6, 6.07) is 5.94. The number of nitro groups is 1.